The van der Waals surface area contributed by atoms with Gasteiger partial charge in [-0.3, -0.25) is 4.79 Å². The number of carboxylic acid groups (broad SMARTS) is 1. The summed E-state index contributed by atoms with van der Waals surface area (Å²) in [5.74, 6) is -0.639. The van der Waals surface area contributed by atoms with Crippen molar-refractivity contribution in [3.05, 3.63) is 65.7 Å². The topological polar surface area (TPSA) is 144 Å². The van der Waals surface area contributed by atoms with Gasteiger partial charge in [-0.15, -0.1) is 0 Å². The van der Waals surface area contributed by atoms with Gasteiger partial charge in [-0.2, -0.15) is 0 Å². The molecule has 1 aliphatic rings. The van der Waals surface area contributed by atoms with Crippen molar-refractivity contribution in [2.45, 2.75) is 51.0 Å². The summed E-state index contributed by atoms with van der Waals surface area (Å²) in [6, 6.07) is 17.3. The standard InChI is InChI=1S/C14H27N3O3.C14H13N/c15-8-2-1-3-12(14(19)20)17-13(18)11-6-4-10(9-16)5-7-11;15-14-10-8-13(9-11-14)7-6-12-4-2-1-3-5-12/h10-12H,1-9,15-16H2,(H,17,18)(H,19,20);1-11H,15H2/t10?,11?,12-;/m0./s1. The number of hydrogen-bond acceptors (Lipinski definition) is 5. The molecule has 0 aromatic heterocycles. The molecule has 0 aliphatic heterocycles. The fourth-order valence-electron chi connectivity index (χ4n) is 4.06. The Hall–Kier alpha value is -3.16. The minimum atomic E-state index is -0.967. The first kappa shape index (κ1) is 28.1. The second-order valence-corrected chi connectivity index (χ2v) is 9.05. The highest BCUT2D eigenvalue weighted by Crippen LogP contribution is 2.28. The van der Waals surface area contributed by atoms with E-state index in [-0.39, 0.29) is 11.8 Å². The molecule has 35 heavy (non-hydrogen) atoms. The number of nitrogens with two attached hydrogens (primary N) is 3. The van der Waals surface area contributed by atoms with Crippen molar-refractivity contribution in [2.75, 3.05) is 18.8 Å². The molecule has 0 spiro atoms. The second kappa shape index (κ2) is 15.7. The number of carbonyl (C=O) groups excluding carboxylic acids is 1. The van der Waals surface area contributed by atoms with Gasteiger partial charge in [0, 0.05) is 11.6 Å². The number of nitrogens with one attached hydrogen (secondary N) is 1. The highest BCUT2D eigenvalue weighted by atomic mass is 16.4. The van der Waals surface area contributed by atoms with Gasteiger partial charge in [0.05, 0.1) is 0 Å². The molecular formula is C28H40N4O3. The zero-order valence-corrected chi connectivity index (χ0v) is 20.4. The molecule has 0 bridgehead atoms. The number of rotatable bonds is 10. The van der Waals surface area contributed by atoms with Crippen molar-refractivity contribution in [1.82, 2.24) is 5.32 Å². The van der Waals surface area contributed by atoms with Crippen LogP contribution >= 0.6 is 0 Å². The van der Waals surface area contributed by atoms with Gasteiger partial charge in [-0.25, -0.2) is 4.79 Å². The molecule has 3 rings (SSSR count). The van der Waals surface area contributed by atoms with Crippen molar-refractivity contribution >= 4 is 29.7 Å². The maximum atomic E-state index is 12.1. The molecule has 0 heterocycles. The van der Waals surface area contributed by atoms with Crippen molar-refractivity contribution < 1.29 is 14.7 Å². The highest BCUT2D eigenvalue weighted by molar-refractivity contribution is 5.85. The van der Waals surface area contributed by atoms with Crippen LogP contribution in [0.3, 0.4) is 0 Å². The normalized spacial score (nSPS) is 18.3. The number of carbonyl (C=O) groups is 2. The minimum Gasteiger partial charge on any atom is -0.480 e. The molecular weight excluding hydrogens is 440 g/mol. The molecule has 8 N–H and O–H groups in total. The largest absolute Gasteiger partial charge is 0.480 e. The Morgan fingerprint density at radius 1 is 0.914 bits per heavy atom. The van der Waals surface area contributed by atoms with Crippen LogP contribution in [-0.4, -0.2) is 36.1 Å². The number of amides is 1. The molecule has 7 nitrogen and oxygen atoms in total. The number of carboxylic acids is 1. The molecule has 1 saturated carbocycles. The first-order chi connectivity index (χ1) is 16.9. The Bertz CT molecular complexity index is 908. The number of hydrogen-bond donors (Lipinski definition) is 5. The summed E-state index contributed by atoms with van der Waals surface area (Å²) < 4.78 is 0. The molecule has 0 saturated heterocycles. The van der Waals surface area contributed by atoms with E-state index >= 15 is 0 Å². The molecule has 1 fully saturated rings. The fraction of sp³-hybridized carbons (Fsp3) is 0.429. The SMILES string of the molecule is NCCCC[C@H](NC(=O)C1CCC(CN)CC1)C(=O)O.Nc1ccc(C=Cc2ccccc2)cc1. The maximum absolute atomic E-state index is 12.1. The van der Waals surface area contributed by atoms with Crippen molar-refractivity contribution in [1.29, 1.82) is 0 Å². The monoisotopic (exact) mass is 480 g/mol. The Morgan fingerprint density at radius 3 is 2.06 bits per heavy atom. The van der Waals surface area contributed by atoms with E-state index in [0.717, 1.165) is 43.4 Å². The fourth-order valence-corrected chi connectivity index (χ4v) is 4.06. The zero-order valence-electron chi connectivity index (χ0n) is 20.4. The molecule has 0 radical (unpaired) electrons. The van der Waals surface area contributed by atoms with E-state index < -0.39 is 12.0 Å². The first-order valence-corrected chi connectivity index (χ1v) is 12.4. The molecule has 2 aromatic carbocycles. The van der Waals surface area contributed by atoms with Crippen LogP contribution in [0.2, 0.25) is 0 Å². The third-order valence-corrected chi connectivity index (χ3v) is 6.32. The third kappa shape index (κ3) is 10.8. The van der Waals surface area contributed by atoms with E-state index in [4.69, 9.17) is 22.3 Å². The minimum absolute atomic E-state index is 0.0610. The van der Waals surface area contributed by atoms with Gasteiger partial charge in [-0.1, -0.05) is 54.6 Å². The number of unbranched alkanes of at least 4 members (excludes halogenated alkanes) is 1. The molecule has 7 heteroatoms. The summed E-state index contributed by atoms with van der Waals surface area (Å²) in [5, 5.41) is 11.8. The van der Waals surface area contributed by atoms with E-state index in [0.29, 0.717) is 31.8 Å². The molecule has 190 valence electrons. The van der Waals surface area contributed by atoms with E-state index in [1.165, 1.54) is 5.56 Å². The lowest BCUT2D eigenvalue weighted by Crippen LogP contribution is -2.44. The number of aliphatic carboxylic acids is 1. The molecule has 1 atom stereocenters. The summed E-state index contributed by atoms with van der Waals surface area (Å²) in [6.45, 7) is 1.22. The summed E-state index contributed by atoms with van der Waals surface area (Å²) in [7, 11) is 0. The predicted octanol–water partition coefficient (Wildman–Crippen LogP) is 3.89. The Labute approximate surface area is 208 Å². The third-order valence-electron chi connectivity index (χ3n) is 6.32. The van der Waals surface area contributed by atoms with Gasteiger partial charge < -0.3 is 27.6 Å². The van der Waals surface area contributed by atoms with Gasteiger partial charge >= 0.3 is 5.97 Å². The van der Waals surface area contributed by atoms with Crippen LogP contribution in [0.5, 0.6) is 0 Å². The van der Waals surface area contributed by atoms with Crippen LogP contribution in [0.15, 0.2) is 54.6 Å². The average Bonchev–Trinajstić information content (AvgIpc) is 2.88. The van der Waals surface area contributed by atoms with Gasteiger partial charge in [0.2, 0.25) is 5.91 Å². The zero-order chi connectivity index (χ0) is 25.5. The van der Waals surface area contributed by atoms with Crippen LogP contribution in [0.1, 0.15) is 56.1 Å². The van der Waals surface area contributed by atoms with Crippen LogP contribution in [0, 0.1) is 11.8 Å². The van der Waals surface area contributed by atoms with E-state index in [1.54, 1.807) is 0 Å². The Kier molecular flexibility index (Phi) is 12.6. The van der Waals surface area contributed by atoms with Crippen LogP contribution in [0.4, 0.5) is 5.69 Å². The lowest BCUT2D eigenvalue weighted by molar-refractivity contribution is -0.143. The quantitative estimate of drug-likeness (QED) is 0.198. The van der Waals surface area contributed by atoms with Crippen LogP contribution in [-0.2, 0) is 9.59 Å². The van der Waals surface area contributed by atoms with Gasteiger partial charge in [0.1, 0.15) is 6.04 Å². The number of benzene rings is 2. The Balaban J connectivity index is 0.000000256. The lowest BCUT2D eigenvalue weighted by atomic mass is 9.81. The summed E-state index contributed by atoms with van der Waals surface area (Å²) in [4.78, 5) is 23.3. The van der Waals surface area contributed by atoms with E-state index in [9.17, 15) is 9.59 Å². The van der Waals surface area contributed by atoms with Gasteiger partial charge in [-0.05, 0) is 87.2 Å². The second-order valence-electron chi connectivity index (χ2n) is 9.05. The first-order valence-electron chi connectivity index (χ1n) is 12.4. The van der Waals surface area contributed by atoms with Crippen molar-refractivity contribution in [3.63, 3.8) is 0 Å². The maximum Gasteiger partial charge on any atom is 0.326 e. The molecule has 2 aromatic rings. The van der Waals surface area contributed by atoms with Crippen molar-refractivity contribution in [2.24, 2.45) is 23.3 Å². The lowest BCUT2D eigenvalue weighted by Gasteiger charge is -2.27. The van der Waals surface area contributed by atoms with E-state index in [1.807, 2.05) is 42.5 Å². The Morgan fingerprint density at radius 2 is 1.51 bits per heavy atom. The molecule has 1 amide bonds. The predicted molar refractivity (Wildman–Crippen MR) is 143 cm³/mol. The van der Waals surface area contributed by atoms with Crippen molar-refractivity contribution in [3.8, 4) is 0 Å². The summed E-state index contributed by atoms with van der Waals surface area (Å²) in [6.07, 6.45) is 9.64. The smallest absolute Gasteiger partial charge is 0.326 e. The average molecular weight is 481 g/mol. The van der Waals surface area contributed by atoms with Gasteiger partial charge in [0.25, 0.3) is 0 Å². The van der Waals surface area contributed by atoms with Crippen LogP contribution in [0.25, 0.3) is 12.2 Å². The van der Waals surface area contributed by atoms with E-state index in [2.05, 4.69) is 29.6 Å². The number of nitrogen functional groups attached to an aromatic ring is 1. The van der Waals surface area contributed by atoms with Gasteiger partial charge in [0.15, 0.2) is 0 Å². The molecule has 0 unspecified atom stereocenters. The number of anilines is 1. The highest BCUT2D eigenvalue weighted by Gasteiger charge is 2.28. The van der Waals surface area contributed by atoms with Crippen LogP contribution < -0.4 is 22.5 Å². The summed E-state index contributed by atoms with van der Waals surface area (Å²) in [5.41, 5.74) is 19.8. The summed E-state index contributed by atoms with van der Waals surface area (Å²) >= 11 is 0. The molecule has 1 aliphatic carbocycles.